The number of fused-ring (bicyclic) bond motifs is 8. The van der Waals surface area contributed by atoms with Crippen LogP contribution >= 0.6 is 0 Å². The number of H-pyrrole nitrogens is 2. The van der Waals surface area contributed by atoms with Gasteiger partial charge < -0.3 is 9.97 Å². The third-order valence-electron chi connectivity index (χ3n) is 8.91. The minimum atomic E-state index is 0.855. The molecule has 6 heterocycles. The Hall–Kier alpha value is -6.59. The molecule has 0 saturated carbocycles. The predicted octanol–water partition coefficient (Wildman–Crippen LogP) is 10.7. The summed E-state index contributed by atoms with van der Waals surface area (Å²) in [6, 6.07) is 44.2. The molecule has 9 rings (SSSR count). The number of hydrogen-bond donors (Lipinski definition) is 2. The van der Waals surface area contributed by atoms with Crippen LogP contribution in [0.5, 0.6) is 0 Å². The Morgan fingerprint density at radius 1 is 0.312 bits per heavy atom. The molecule has 0 saturated heterocycles. The fraction of sp³-hybridized carbons (Fsp3) is 0. The molecule has 226 valence electrons. The van der Waals surface area contributed by atoms with Crippen LogP contribution in [0.2, 0.25) is 0 Å². The van der Waals surface area contributed by atoms with Crippen LogP contribution in [0.3, 0.4) is 0 Å². The monoisotopic (exact) mass is 615 g/mol. The molecule has 2 aliphatic heterocycles. The van der Waals surface area contributed by atoms with Gasteiger partial charge in [0.1, 0.15) is 0 Å². The lowest BCUT2D eigenvalue weighted by Crippen LogP contribution is -1.91. The number of nitrogens with one attached hydrogen (secondary N) is 2. The molecule has 0 atom stereocenters. The zero-order chi connectivity index (χ0) is 31.9. The highest BCUT2D eigenvalue weighted by Crippen LogP contribution is 2.38. The normalized spacial score (nSPS) is 12.0. The second kappa shape index (κ2) is 11.6. The first-order valence-corrected chi connectivity index (χ1v) is 16.0. The Balaban J connectivity index is 1.49. The number of aromatic nitrogens is 5. The second-order valence-electron chi connectivity index (χ2n) is 11.8. The Kier molecular flexibility index (Phi) is 6.72. The molecule has 2 N–H and O–H groups in total. The molecule has 0 unspecified atom stereocenters. The molecule has 0 aliphatic carbocycles. The van der Waals surface area contributed by atoms with E-state index in [4.69, 9.17) is 9.97 Å². The van der Waals surface area contributed by atoms with Gasteiger partial charge in [-0.25, -0.2) is 9.97 Å². The van der Waals surface area contributed by atoms with E-state index < -0.39 is 0 Å². The van der Waals surface area contributed by atoms with Gasteiger partial charge in [-0.05, 0) is 83.0 Å². The summed E-state index contributed by atoms with van der Waals surface area (Å²) < 4.78 is 0. The molecule has 0 radical (unpaired) electrons. The maximum absolute atomic E-state index is 5.31. The van der Waals surface area contributed by atoms with Crippen LogP contribution in [0.4, 0.5) is 0 Å². The number of aromatic amines is 2. The topological polar surface area (TPSA) is 70.2 Å². The largest absolute Gasteiger partial charge is 0.354 e. The van der Waals surface area contributed by atoms with Crippen LogP contribution in [0, 0.1) is 0 Å². The van der Waals surface area contributed by atoms with Crippen molar-refractivity contribution < 1.29 is 0 Å². The van der Waals surface area contributed by atoms with E-state index in [2.05, 4.69) is 142 Å². The summed E-state index contributed by atoms with van der Waals surface area (Å²) in [7, 11) is 0. The number of pyridine rings is 1. The first-order chi connectivity index (χ1) is 23.8. The lowest BCUT2D eigenvalue weighted by molar-refractivity contribution is 1.27. The number of nitrogens with zero attached hydrogens (tertiary/aromatic N) is 3. The maximum atomic E-state index is 5.31. The van der Waals surface area contributed by atoms with Crippen LogP contribution < -0.4 is 0 Å². The lowest BCUT2D eigenvalue weighted by Gasteiger charge is -2.06. The Morgan fingerprint density at radius 2 is 0.646 bits per heavy atom. The van der Waals surface area contributed by atoms with Crippen molar-refractivity contribution in [1.82, 2.24) is 24.9 Å². The van der Waals surface area contributed by atoms with Gasteiger partial charge in [-0.15, -0.1) is 0 Å². The van der Waals surface area contributed by atoms with Crippen molar-refractivity contribution in [2.24, 2.45) is 0 Å². The minimum Gasteiger partial charge on any atom is -0.354 e. The fourth-order valence-electron chi connectivity index (χ4n) is 6.75. The van der Waals surface area contributed by atoms with E-state index in [-0.39, 0.29) is 0 Å². The highest BCUT2D eigenvalue weighted by atomic mass is 14.8. The minimum absolute atomic E-state index is 0.855. The quantitative estimate of drug-likeness (QED) is 0.207. The van der Waals surface area contributed by atoms with Crippen LogP contribution in [0.25, 0.3) is 90.9 Å². The SMILES string of the molecule is C1=Cc2nc1c(-c1ccncc1)c1nc(c(-c3ccccc3)c3ccc([nH]3)c(-c3ccccc3)c3ccc([nH]3)c2-c2ccccc2)C=C1. The molecule has 8 bridgehead atoms. The molecule has 3 aromatic carbocycles. The Bertz CT molecular complexity index is 2390. The first-order valence-electron chi connectivity index (χ1n) is 16.0. The molecule has 5 heteroatoms. The zero-order valence-electron chi connectivity index (χ0n) is 25.9. The van der Waals surface area contributed by atoms with Crippen molar-refractivity contribution in [3.8, 4) is 44.5 Å². The Labute approximate surface area is 277 Å². The van der Waals surface area contributed by atoms with Crippen molar-refractivity contribution in [1.29, 1.82) is 0 Å². The van der Waals surface area contributed by atoms with Gasteiger partial charge in [0, 0.05) is 56.7 Å². The molecule has 5 nitrogen and oxygen atoms in total. The van der Waals surface area contributed by atoms with Gasteiger partial charge in [-0.2, -0.15) is 0 Å². The van der Waals surface area contributed by atoms with Crippen molar-refractivity contribution in [2.45, 2.75) is 0 Å². The standard InChI is InChI=1S/C43H29N5/c1-4-10-28(11-5-1)40-32-16-18-34(45-32)41(29-12-6-2-7-13-29)36-20-22-38(47-36)43(31-24-26-44-27-25-31)39-23-21-37(48-39)42(30-14-8-3-9-15-30)35-19-17-33(40)46-35/h1-27,45-46H. The van der Waals surface area contributed by atoms with E-state index in [1.165, 1.54) is 0 Å². The molecular formula is C43H29N5. The summed E-state index contributed by atoms with van der Waals surface area (Å²) in [5, 5.41) is 0. The lowest BCUT2D eigenvalue weighted by atomic mass is 10.0. The van der Waals surface area contributed by atoms with Crippen LogP contribution in [-0.2, 0) is 0 Å². The van der Waals surface area contributed by atoms with Gasteiger partial charge in [0.2, 0.25) is 0 Å². The second-order valence-corrected chi connectivity index (χ2v) is 11.8. The maximum Gasteiger partial charge on any atom is 0.0738 e. The number of hydrogen-bond acceptors (Lipinski definition) is 3. The van der Waals surface area contributed by atoms with Crippen LogP contribution in [0.15, 0.2) is 140 Å². The molecule has 7 aromatic rings. The van der Waals surface area contributed by atoms with Crippen LogP contribution in [0.1, 0.15) is 22.8 Å². The fourth-order valence-corrected chi connectivity index (χ4v) is 6.75. The molecule has 2 aliphatic rings. The summed E-state index contributed by atoms with van der Waals surface area (Å²) in [5.41, 5.74) is 15.9. The predicted molar refractivity (Wildman–Crippen MR) is 198 cm³/mol. The summed E-state index contributed by atoms with van der Waals surface area (Å²) in [6.45, 7) is 0. The van der Waals surface area contributed by atoms with E-state index in [9.17, 15) is 0 Å². The van der Waals surface area contributed by atoms with Crippen molar-refractivity contribution in [2.75, 3.05) is 0 Å². The highest BCUT2D eigenvalue weighted by Gasteiger charge is 2.19. The van der Waals surface area contributed by atoms with Gasteiger partial charge in [0.15, 0.2) is 0 Å². The third-order valence-corrected chi connectivity index (χ3v) is 8.91. The molecule has 0 spiro atoms. The third kappa shape index (κ3) is 4.86. The molecule has 0 amide bonds. The van der Waals surface area contributed by atoms with Gasteiger partial charge in [-0.3, -0.25) is 4.98 Å². The zero-order valence-corrected chi connectivity index (χ0v) is 25.9. The van der Waals surface area contributed by atoms with Gasteiger partial charge in [0.25, 0.3) is 0 Å². The first kappa shape index (κ1) is 27.7. The molecule has 4 aromatic heterocycles. The van der Waals surface area contributed by atoms with Crippen LogP contribution in [-0.4, -0.2) is 24.9 Å². The summed E-state index contributed by atoms with van der Waals surface area (Å²) in [6.07, 6.45) is 12.1. The highest BCUT2D eigenvalue weighted by molar-refractivity contribution is 6.00. The van der Waals surface area contributed by atoms with E-state index in [1.54, 1.807) is 0 Å². The average molecular weight is 616 g/mol. The van der Waals surface area contributed by atoms with E-state index in [0.29, 0.717) is 0 Å². The average Bonchev–Trinajstić information content (AvgIpc) is 3.98. The van der Waals surface area contributed by atoms with Gasteiger partial charge in [0.05, 0.1) is 22.8 Å². The molecule has 48 heavy (non-hydrogen) atoms. The van der Waals surface area contributed by atoms with Crippen molar-refractivity contribution >= 4 is 46.4 Å². The summed E-state index contributed by atoms with van der Waals surface area (Å²) >= 11 is 0. The van der Waals surface area contributed by atoms with E-state index >= 15 is 0 Å². The van der Waals surface area contributed by atoms with E-state index in [0.717, 1.165) is 89.4 Å². The van der Waals surface area contributed by atoms with Gasteiger partial charge >= 0.3 is 0 Å². The molecular weight excluding hydrogens is 587 g/mol. The van der Waals surface area contributed by atoms with Gasteiger partial charge in [-0.1, -0.05) is 91.0 Å². The smallest absolute Gasteiger partial charge is 0.0738 e. The van der Waals surface area contributed by atoms with E-state index in [1.807, 2.05) is 36.7 Å². The van der Waals surface area contributed by atoms with Crippen molar-refractivity contribution in [3.63, 3.8) is 0 Å². The number of rotatable bonds is 4. The summed E-state index contributed by atoms with van der Waals surface area (Å²) in [5.74, 6) is 0. The number of benzene rings is 3. The Morgan fingerprint density at radius 3 is 1.06 bits per heavy atom. The molecule has 0 fully saturated rings. The van der Waals surface area contributed by atoms with Crippen molar-refractivity contribution in [3.05, 3.63) is 163 Å². The summed E-state index contributed by atoms with van der Waals surface area (Å²) in [4.78, 5) is 22.5.